The number of hydrogen-bond acceptors (Lipinski definition) is 4. The molecule has 1 heterocycles. The van der Waals surface area contributed by atoms with Gasteiger partial charge in [-0.05, 0) is 55.2 Å². The summed E-state index contributed by atoms with van der Waals surface area (Å²) in [6.07, 6.45) is 0.912. The number of rotatable bonds is 8. The van der Waals surface area contributed by atoms with E-state index in [0.29, 0.717) is 24.4 Å². The molecular formula is C25H29N3O3. The first-order chi connectivity index (χ1) is 14.9. The molecule has 0 bridgehead atoms. The Balaban J connectivity index is 1.83. The SMILES string of the molecule is CCOC(=O)c1cc(C(C)CC)n(-c2ccc(C(=O)N(C)Cc3ccccc3)cc2)n1. The smallest absolute Gasteiger partial charge is 0.358 e. The second-order valence-corrected chi connectivity index (χ2v) is 7.59. The number of carbonyl (C=O) groups is 2. The predicted octanol–water partition coefficient (Wildman–Crippen LogP) is 4.83. The number of amides is 1. The van der Waals surface area contributed by atoms with Gasteiger partial charge >= 0.3 is 5.97 Å². The summed E-state index contributed by atoms with van der Waals surface area (Å²) >= 11 is 0. The van der Waals surface area contributed by atoms with Crippen molar-refractivity contribution in [2.24, 2.45) is 0 Å². The summed E-state index contributed by atoms with van der Waals surface area (Å²) in [6.45, 7) is 6.81. The highest BCUT2D eigenvalue weighted by Gasteiger charge is 2.20. The van der Waals surface area contributed by atoms with Crippen molar-refractivity contribution in [3.8, 4) is 5.69 Å². The molecule has 6 heteroatoms. The van der Waals surface area contributed by atoms with Crippen molar-refractivity contribution in [1.82, 2.24) is 14.7 Å². The molecule has 6 nitrogen and oxygen atoms in total. The van der Waals surface area contributed by atoms with Crippen LogP contribution in [0.1, 0.15) is 65.2 Å². The van der Waals surface area contributed by atoms with Gasteiger partial charge in [-0.3, -0.25) is 4.79 Å². The molecule has 0 fully saturated rings. The van der Waals surface area contributed by atoms with Crippen molar-refractivity contribution in [2.45, 2.75) is 39.7 Å². The first-order valence-corrected chi connectivity index (χ1v) is 10.6. The quantitative estimate of drug-likeness (QED) is 0.490. The second-order valence-electron chi connectivity index (χ2n) is 7.59. The molecule has 3 aromatic rings. The van der Waals surface area contributed by atoms with E-state index < -0.39 is 5.97 Å². The maximum atomic E-state index is 12.8. The third kappa shape index (κ3) is 5.20. The lowest BCUT2D eigenvalue weighted by molar-refractivity contribution is 0.0518. The van der Waals surface area contributed by atoms with Crippen LogP contribution in [0.3, 0.4) is 0 Å². The van der Waals surface area contributed by atoms with Gasteiger partial charge in [0, 0.05) is 24.8 Å². The molecule has 0 saturated carbocycles. The Morgan fingerprint density at radius 2 is 1.74 bits per heavy atom. The first kappa shape index (κ1) is 22.3. The van der Waals surface area contributed by atoms with E-state index in [1.54, 1.807) is 41.8 Å². The number of esters is 1. The summed E-state index contributed by atoms with van der Waals surface area (Å²) in [6, 6.07) is 19.0. The molecule has 0 spiro atoms. The molecule has 2 aromatic carbocycles. The van der Waals surface area contributed by atoms with Gasteiger partial charge in [0.25, 0.3) is 5.91 Å². The van der Waals surface area contributed by atoms with E-state index in [4.69, 9.17) is 4.74 Å². The summed E-state index contributed by atoms with van der Waals surface area (Å²) in [5.41, 5.74) is 3.71. The number of hydrogen-bond donors (Lipinski definition) is 0. The lowest BCUT2D eigenvalue weighted by Crippen LogP contribution is -2.26. The molecule has 0 N–H and O–H groups in total. The van der Waals surface area contributed by atoms with Gasteiger partial charge < -0.3 is 9.64 Å². The van der Waals surface area contributed by atoms with E-state index in [2.05, 4.69) is 18.9 Å². The molecule has 0 aliphatic carbocycles. The monoisotopic (exact) mass is 419 g/mol. The lowest BCUT2D eigenvalue weighted by atomic mass is 10.0. The Labute approximate surface area is 183 Å². The van der Waals surface area contributed by atoms with Crippen LogP contribution in [0.25, 0.3) is 5.69 Å². The molecule has 0 saturated heterocycles. The average molecular weight is 420 g/mol. The van der Waals surface area contributed by atoms with Crippen LogP contribution in [-0.4, -0.2) is 40.2 Å². The van der Waals surface area contributed by atoms with E-state index in [0.717, 1.165) is 23.4 Å². The summed E-state index contributed by atoms with van der Waals surface area (Å²) < 4.78 is 6.87. The van der Waals surface area contributed by atoms with Gasteiger partial charge in [-0.1, -0.05) is 44.2 Å². The van der Waals surface area contributed by atoms with Crippen molar-refractivity contribution in [1.29, 1.82) is 0 Å². The molecular weight excluding hydrogens is 390 g/mol. The Bertz CT molecular complexity index is 1030. The Hall–Kier alpha value is -3.41. The zero-order chi connectivity index (χ0) is 22.4. The first-order valence-electron chi connectivity index (χ1n) is 10.6. The fourth-order valence-corrected chi connectivity index (χ4v) is 3.36. The van der Waals surface area contributed by atoms with Gasteiger partial charge in [0.1, 0.15) is 0 Å². The molecule has 0 radical (unpaired) electrons. The summed E-state index contributed by atoms with van der Waals surface area (Å²) in [4.78, 5) is 26.7. The van der Waals surface area contributed by atoms with Crippen molar-refractivity contribution in [3.63, 3.8) is 0 Å². The normalized spacial score (nSPS) is 11.7. The van der Waals surface area contributed by atoms with E-state index in [-0.39, 0.29) is 11.8 Å². The van der Waals surface area contributed by atoms with Crippen LogP contribution in [0.4, 0.5) is 0 Å². The van der Waals surface area contributed by atoms with Crippen molar-refractivity contribution >= 4 is 11.9 Å². The number of benzene rings is 2. The number of nitrogens with zero attached hydrogens (tertiary/aromatic N) is 3. The molecule has 3 rings (SSSR count). The van der Waals surface area contributed by atoms with Crippen LogP contribution in [0, 0.1) is 0 Å². The summed E-state index contributed by atoms with van der Waals surface area (Å²) in [5, 5.41) is 4.48. The Morgan fingerprint density at radius 1 is 1.06 bits per heavy atom. The van der Waals surface area contributed by atoms with Gasteiger partial charge in [0.15, 0.2) is 5.69 Å². The topological polar surface area (TPSA) is 64.4 Å². The molecule has 162 valence electrons. The van der Waals surface area contributed by atoms with Gasteiger partial charge in [-0.15, -0.1) is 0 Å². The van der Waals surface area contributed by atoms with Crippen molar-refractivity contribution < 1.29 is 14.3 Å². The zero-order valence-corrected chi connectivity index (χ0v) is 18.5. The van der Waals surface area contributed by atoms with Gasteiger partial charge in [-0.25, -0.2) is 9.48 Å². The standard InChI is InChI=1S/C25H29N3O3/c1-5-18(3)23-16-22(25(30)31-6-2)26-28(23)21-14-12-20(13-15-21)24(29)27(4)17-19-10-8-7-9-11-19/h7-16,18H,5-6,17H2,1-4H3. The van der Waals surface area contributed by atoms with Crippen molar-refractivity contribution in [2.75, 3.05) is 13.7 Å². The van der Waals surface area contributed by atoms with Gasteiger partial charge in [0.05, 0.1) is 12.3 Å². The molecule has 0 aliphatic rings. The number of ether oxygens (including phenoxy) is 1. The predicted molar refractivity (Wildman–Crippen MR) is 120 cm³/mol. The zero-order valence-electron chi connectivity index (χ0n) is 18.5. The highest BCUT2D eigenvalue weighted by Crippen LogP contribution is 2.24. The molecule has 1 unspecified atom stereocenters. The second kappa shape index (κ2) is 10.1. The highest BCUT2D eigenvalue weighted by molar-refractivity contribution is 5.94. The van der Waals surface area contributed by atoms with Crippen LogP contribution >= 0.6 is 0 Å². The third-order valence-electron chi connectivity index (χ3n) is 5.31. The fourth-order valence-electron chi connectivity index (χ4n) is 3.36. The molecule has 0 aliphatic heterocycles. The van der Waals surface area contributed by atoms with Gasteiger partial charge in [0.2, 0.25) is 0 Å². The minimum absolute atomic E-state index is 0.0507. The molecule has 1 amide bonds. The summed E-state index contributed by atoms with van der Waals surface area (Å²) in [5.74, 6) is -0.264. The van der Waals surface area contributed by atoms with E-state index in [1.165, 1.54) is 0 Å². The van der Waals surface area contributed by atoms with Crippen LogP contribution in [0.2, 0.25) is 0 Å². The minimum Gasteiger partial charge on any atom is -0.461 e. The largest absolute Gasteiger partial charge is 0.461 e. The molecule has 31 heavy (non-hydrogen) atoms. The minimum atomic E-state index is -0.430. The van der Waals surface area contributed by atoms with Gasteiger partial charge in [-0.2, -0.15) is 5.10 Å². The van der Waals surface area contributed by atoms with Crippen LogP contribution in [0.5, 0.6) is 0 Å². The molecule has 1 atom stereocenters. The van der Waals surface area contributed by atoms with E-state index in [9.17, 15) is 9.59 Å². The number of carbonyl (C=O) groups excluding carboxylic acids is 2. The highest BCUT2D eigenvalue weighted by atomic mass is 16.5. The maximum Gasteiger partial charge on any atom is 0.358 e. The van der Waals surface area contributed by atoms with E-state index in [1.807, 2.05) is 42.5 Å². The van der Waals surface area contributed by atoms with Crippen molar-refractivity contribution in [3.05, 3.63) is 83.2 Å². The Morgan fingerprint density at radius 3 is 2.35 bits per heavy atom. The lowest BCUT2D eigenvalue weighted by Gasteiger charge is -2.18. The summed E-state index contributed by atoms with van der Waals surface area (Å²) in [7, 11) is 1.80. The Kier molecular flexibility index (Phi) is 7.23. The van der Waals surface area contributed by atoms with Crippen LogP contribution in [0.15, 0.2) is 60.7 Å². The molecule has 1 aromatic heterocycles. The van der Waals surface area contributed by atoms with E-state index >= 15 is 0 Å². The fraction of sp³-hybridized carbons (Fsp3) is 0.320. The third-order valence-corrected chi connectivity index (χ3v) is 5.31. The maximum absolute atomic E-state index is 12.8. The van der Waals surface area contributed by atoms with Crippen LogP contribution < -0.4 is 0 Å². The van der Waals surface area contributed by atoms with Crippen LogP contribution in [-0.2, 0) is 11.3 Å². The number of aromatic nitrogens is 2. The average Bonchev–Trinajstić information content (AvgIpc) is 3.24.